The van der Waals surface area contributed by atoms with Crippen molar-refractivity contribution in [2.75, 3.05) is 6.54 Å². The Labute approximate surface area is 111 Å². The minimum atomic E-state index is -0.269. The van der Waals surface area contributed by atoms with Gasteiger partial charge in [0.1, 0.15) is 0 Å². The van der Waals surface area contributed by atoms with E-state index in [9.17, 15) is 5.11 Å². The quantitative estimate of drug-likeness (QED) is 0.840. The third kappa shape index (κ3) is 5.19. The van der Waals surface area contributed by atoms with Crippen molar-refractivity contribution in [3.8, 4) is 0 Å². The van der Waals surface area contributed by atoms with Crippen molar-refractivity contribution in [3.05, 3.63) is 34.9 Å². The van der Waals surface area contributed by atoms with Crippen LogP contribution in [0, 0.1) is 19.3 Å². The van der Waals surface area contributed by atoms with Crippen molar-refractivity contribution in [3.63, 3.8) is 0 Å². The molecule has 2 N–H and O–H groups in total. The Morgan fingerprint density at radius 3 is 2.22 bits per heavy atom. The number of rotatable bonds is 5. The maximum atomic E-state index is 9.94. The number of aliphatic hydroxyl groups excluding tert-OH is 1. The van der Waals surface area contributed by atoms with Crippen LogP contribution in [-0.2, 0) is 6.54 Å². The molecule has 1 aromatic carbocycles. The van der Waals surface area contributed by atoms with Crippen molar-refractivity contribution in [2.45, 2.75) is 53.7 Å². The predicted octanol–water partition coefficient (Wildman–Crippen LogP) is 3.19. The molecular weight excluding hydrogens is 222 g/mol. The molecule has 1 aromatic rings. The van der Waals surface area contributed by atoms with Gasteiger partial charge in [0.15, 0.2) is 0 Å². The monoisotopic (exact) mass is 249 g/mol. The van der Waals surface area contributed by atoms with E-state index in [0.717, 1.165) is 13.0 Å². The molecule has 0 aliphatic rings. The summed E-state index contributed by atoms with van der Waals surface area (Å²) < 4.78 is 0. The molecule has 18 heavy (non-hydrogen) atoms. The van der Waals surface area contributed by atoms with Crippen LogP contribution >= 0.6 is 0 Å². The van der Waals surface area contributed by atoms with Crippen molar-refractivity contribution >= 4 is 0 Å². The van der Waals surface area contributed by atoms with Crippen LogP contribution in [-0.4, -0.2) is 17.8 Å². The molecular formula is C16H27NO. The van der Waals surface area contributed by atoms with E-state index in [4.69, 9.17) is 0 Å². The van der Waals surface area contributed by atoms with E-state index >= 15 is 0 Å². The van der Waals surface area contributed by atoms with Gasteiger partial charge in [-0.1, -0.05) is 39.0 Å². The summed E-state index contributed by atoms with van der Waals surface area (Å²) in [5, 5.41) is 13.3. The molecule has 0 bridgehead atoms. The van der Waals surface area contributed by atoms with Gasteiger partial charge in [-0.15, -0.1) is 0 Å². The molecule has 2 nitrogen and oxygen atoms in total. The van der Waals surface area contributed by atoms with Crippen LogP contribution in [0.25, 0.3) is 0 Å². The first-order valence-electron chi connectivity index (χ1n) is 6.73. The van der Waals surface area contributed by atoms with Crippen LogP contribution < -0.4 is 5.32 Å². The minimum Gasteiger partial charge on any atom is -0.392 e. The summed E-state index contributed by atoms with van der Waals surface area (Å²) in [6.07, 6.45) is 0.557. The lowest BCUT2D eigenvalue weighted by atomic mass is 9.89. The first-order chi connectivity index (χ1) is 8.29. The standard InChI is InChI=1S/C16H27NO/c1-12-7-6-8-13(2)15(12)11-17-10-14(18)9-16(3,4)5/h6-8,14,17-18H,9-11H2,1-5H3. The fourth-order valence-corrected chi connectivity index (χ4v) is 2.27. The third-order valence-corrected chi connectivity index (χ3v) is 3.17. The molecule has 0 saturated carbocycles. The average molecular weight is 249 g/mol. The molecule has 1 unspecified atom stereocenters. The van der Waals surface area contributed by atoms with Gasteiger partial charge < -0.3 is 10.4 Å². The Balaban J connectivity index is 2.42. The molecule has 102 valence electrons. The van der Waals surface area contributed by atoms with Gasteiger partial charge in [0, 0.05) is 13.1 Å². The Morgan fingerprint density at radius 1 is 1.17 bits per heavy atom. The van der Waals surface area contributed by atoms with Gasteiger partial charge in [0.2, 0.25) is 0 Å². The van der Waals surface area contributed by atoms with Crippen LogP contribution in [0.4, 0.5) is 0 Å². The smallest absolute Gasteiger partial charge is 0.0669 e. The molecule has 0 fully saturated rings. The molecule has 0 heterocycles. The number of hydrogen-bond donors (Lipinski definition) is 2. The van der Waals surface area contributed by atoms with Gasteiger partial charge in [0.25, 0.3) is 0 Å². The lowest BCUT2D eigenvalue weighted by Gasteiger charge is -2.22. The second kappa shape index (κ2) is 6.35. The first kappa shape index (κ1) is 15.2. The number of benzene rings is 1. The largest absolute Gasteiger partial charge is 0.392 e. The highest BCUT2D eigenvalue weighted by molar-refractivity contribution is 5.33. The van der Waals surface area contributed by atoms with Gasteiger partial charge >= 0.3 is 0 Å². The number of hydrogen-bond acceptors (Lipinski definition) is 2. The maximum Gasteiger partial charge on any atom is 0.0669 e. The van der Waals surface area contributed by atoms with Crippen LogP contribution in [0.2, 0.25) is 0 Å². The summed E-state index contributed by atoms with van der Waals surface area (Å²) in [6, 6.07) is 6.35. The van der Waals surface area contributed by atoms with E-state index in [1.165, 1.54) is 16.7 Å². The molecule has 0 aliphatic carbocycles. The Kier molecular flexibility index (Phi) is 5.36. The van der Waals surface area contributed by atoms with Crippen LogP contribution in [0.5, 0.6) is 0 Å². The normalized spacial score (nSPS) is 13.7. The fourth-order valence-electron chi connectivity index (χ4n) is 2.27. The van der Waals surface area contributed by atoms with Gasteiger partial charge in [-0.25, -0.2) is 0 Å². The topological polar surface area (TPSA) is 32.3 Å². The Morgan fingerprint density at radius 2 is 1.72 bits per heavy atom. The van der Waals surface area contributed by atoms with Crippen LogP contribution in [0.3, 0.4) is 0 Å². The van der Waals surface area contributed by atoms with Crippen molar-refractivity contribution in [1.29, 1.82) is 0 Å². The van der Waals surface area contributed by atoms with Gasteiger partial charge in [-0.2, -0.15) is 0 Å². The molecule has 0 radical (unpaired) electrons. The fraction of sp³-hybridized carbons (Fsp3) is 0.625. The van der Waals surface area contributed by atoms with Gasteiger partial charge in [-0.3, -0.25) is 0 Å². The molecule has 0 saturated heterocycles. The third-order valence-electron chi connectivity index (χ3n) is 3.17. The summed E-state index contributed by atoms with van der Waals surface area (Å²) in [7, 11) is 0. The summed E-state index contributed by atoms with van der Waals surface area (Å²) in [4.78, 5) is 0. The number of aryl methyl sites for hydroxylation is 2. The summed E-state index contributed by atoms with van der Waals surface area (Å²) in [5.74, 6) is 0. The molecule has 0 spiro atoms. The second-order valence-corrected chi connectivity index (χ2v) is 6.42. The lowest BCUT2D eigenvalue weighted by Crippen LogP contribution is -2.30. The summed E-state index contributed by atoms with van der Waals surface area (Å²) in [6.45, 7) is 12.2. The summed E-state index contributed by atoms with van der Waals surface area (Å²) >= 11 is 0. The highest BCUT2D eigenvalue weighted by atomic mass is 16.3. The Hall–Kier alpha value is -0.860. The van der Waals surface area contributed by atoms with Crippen LogP contribution in [0.15, 0.2) is 18.2 Å². The highest BCUT2D eigenvalue weighted by Gasteiger charge is 2.16. The average Bonchev–Trinajstić information content (AvgIpc) is 2.19. The SMILES string of the molecule is Cc1cccc(C)c1CNCC(O)CC(C)(C)C. The molecule has 0 aliphatic heterocycles. The number of aliphatic hydroxyl groups is 1. The minimum absolute atomic E-state index is 0.180. The van der Waals surface area contributed by atoms with Gasteiger partial charge in [0.05, 0.1) is 6.10 Å². The molecule has 2 heteroatoms. The van der Waals surface area contributed by atoms with Crippen molar-refractivity contribution in [2.24, 2.45) is 5.41 Å². The van der Waals surface area contributed by atoms with Crippen molar-refractivity contribution in [1.82, 2.24) is 5.32 Å². The zero-order valence-corrected chi connectivity index (χ0v) is 12.4. The highest BCUT2D eigenvalue weighted by Crippen LogP contribution is 2.20. The van der Waals surface area contributed by atoms with E-state index in [1.54, 1.807) is 0 Å². The molecule has 0 aromatic heterocycles. The zero-order chi connectivity index (χ0) is 13.8. The second-order valence-electron chi connectivity index (χ2n) is 6.42. The maximum absolute atomic E-state index is 9.94. The van der Waals surface area contributed by atoms with Crippen LogP contribution in [0.1, 0.15) is 43.9 Å². The molecule has 0 amide bonds. The molecule has 1 rings (SSSR count). The lowest BCUT2D eigenvalue weighted by molar-refractivity contribution is 0.119. The molecule has 1 atom stereocenters. The van der Waals surface area contributed by atoms with Crippen molar-refractivity contribution < 1.29 is 5.11 Å². The predicted molar refractivity (Wildman–Crippen MR) is 77.7 cm³/mol. The van der Waals surface area contributed by atoms with E-state index < -0.39 is 0 Å². The summed E-state index contributed by atoms with van der Waals surface area (Å²) in [5.41, 5.74) is 4.15. The van der Waals surface area contributed by atoms with E-state index in [0.29, 0.717) is 6.54 Å². The zero-order valence-electron chi connectivity index (χ0n) is 12.4. The Bertz CT molecular complexity index is 359. The number of nitrogens with one attached hydrogen (secondary N) is 1. The van der Waals surface area contributed by atoms with E-state index in [-0.39, 0.29) is 11.5 Å². The van der Waals surface area contributed by atoms with E-state index in [1.807, 2.05) is 0 Å². The first-order valence-corrected chi connectivity index (χ1v) is 6.73. The van der Waals surface area contributed by atoms with E-state index in [2.05, 4.69) is 58.1 Å². The van der Waals surface area contributed by atoms with Gasteiger partial charge in [-0.05, 0) is 42.4 Å².